The van der Waals surface area contributed by atoms with Gasteiger partial charge < -0.3 is 5.32 Å². The number of amides is 3. The van der Waals surface area contributed by atoms with E-state index in [0.717, 1.165) is 0 Å². The zero-order valence-electron chi connectivity index (χ0n) is 14.8. The third-order valence-corrected chi connectivity index (χ3v) is 4.04. The lowest BCUT2D eigenvalue weighted by Gasteiger charge is -2.10. The van der Waals surface area contributed by atoms with Crippen LogP contribution in [0, 0.1) is 5.92 Å². The van der Waals surface area contributed by atoms with Crippen molar-refractivity contribution in [2.24, 2.45) is 5.92 Å². The third-order valence-electron chi connectivity index (χ3n) is 3.49. The Morgan fingerprint density at radius 2 is 1.56 bits per heavy atom. The SMILES string of the molecule is CC(C)CC(=O)Nc1ccc(C(=O)NNC(=O)c2ccc(Cl)cc2Cl)cc1. The van der Waals surface area contributed by atoms with Gasteiger partial charge >= 0.3 is 0 Å². The molecule has 0 aliphatic heterocycles. The Hall–Kier alpha value is -2.57. The van der Waals surface area contributed by atoms with Gasteiger partial charge in [-0.3, -0.25) is 25.2 Å². The third kappa shape index (κ3) is 6.27. The van der Waals surface area contributed by atoms with E-state index in [1.165, 1.54) is 18.2 Å². The molecule has 0 saturated carbocycles. The van der Waals surface area contributed by atoms with Crippen molar-refractivity contribution in [3.63, 3.8) is 0 Å². The highest BCUT2D eigenvalue weighted by Gasteiger charge is 2.13. The molecular weight excluding hydrogens is 389 g/mol. The van der Waals surface area contributed by atoms with Crippen molar-refractivity contribution in [3.05, 3.63) is 63.6 Å². The molecule has 27 heavy (non-hydrogen) atoms. The van der Waals surface area contributed by atoms with Gasteiger partial charge in [-0.25, -0.2) is 0 Å². The van der Waals surface area contributed by atoms with Crippen LogP contribution in [0.5, 0.6) is 0 Å². The molecule has 0 aliphatic carbocycles. The molecule has 0 fully saturated rings. The second-order valence-corrected chi connectivity index (χ2v) is 7.10. The van der Waals surface area contributed by atoms with E-state index in [-0.39, 0.29) is 22.4 Å². The molecule has 6 nitrogen and oxygen atoms in total. The van der Waals surface area contributed by atoms with Gasteiger partial charge in [0.05, 0.1) is 10.6 Å². The number of carbonyl (C=O) groups excluding carboxylic acids is 3. The number of nitrogens with one attached hydrogen (secondary N) is 3. The first-order chi connectivity index (χ1) is 12.8. The molecule has 0 spiro atoms. The zero-order chi connectivity index (χ0) is 20.0. The summed E-state index contributed by atoms with van der Waals surface area (Å²) in [5, 5.41) is 3.34. The van der Waals surface area contributed by atoms with Gasteiger partial charge in [-0.1, -0.05) is 37.0 Å². The minimum absolute atomic E-state index is 0.0886. The number of benzene rings is 2. The van der Waals surface area contributed by atoms with Gasteiger partial charge in [0.15, 0.2) is 0 Å². The summed E-state index contributed by atoms with van der Waals surface area (Å²) in [7, 11) is 0. The summed E-state index contributed by atoms with van der Waals surface area (Å²) in [4.78, 5) is 36.0. The van der Waals surface area contributed by atoms with Crippen molar-refractivity contribution >= 4 is 46.6 Å². The molecule has 0 unspecified atom stereocenters. The van der Waals surface area contributed by atoms with Crippen molar-refractivity contribution < 1.29 is 14.4 Å². The number of halogens is 2. The second kappa shape index (κ2) is 9.39. The maximum Gasteiger partial charge on any atom is 0.271 e. The van der Waals surface area contributed by atoms with Crippen LogP contribution in [0.2, 0.25) is 10.0 Å². The number of carbonyl (C=O) groups is 3. The maximum atomic E-state index is 12.1. The molecule has 2 aromatic carbocycles. The summed E-state index contributed by atoms with van der Waals surface area (Å²) in [6.07, 6.45) is 0.418. The normalized spacial score (nSPS) is 10.4. The first kappa shape index (κ1) is 20.7. The van der Waals surface area contributed by atoms with Crippen LogP contribution in [0.3, 0.4) is 0 Å². The quantitative estimate of drug-likeness (QED) is 0.653. The predicted octanol–water partition coefficient (Wildman–Crippen LogP) is 4.05. The Morgan fingerprint density at radius 3 is 2.15 bits per heavy atom. The monoisotopic (exact) mass is 407 g/mol. The molecule has 2 aromatic rings. The van der Waals surface area contributed by atoms with Crippen LogP contribution < -0.4 is 16.2 Å². The van der Waals surface area contributed by atoms with Gasteiger partial charge in [-0.2, -0.15) is 0 Å². The topological polar surface area (TPSA) is 87.3 Å². The first-order valence-corrected chi connectivity index (χ1v) is 8.97. The summed E-state index contributed by atoms with van der Waals surface area (Å²) < 4.78 is 0. The molecule has 0 bridgehead atoms. The van der Waals surface area contributed by atoms with E-state index in [1.54, 1.807) is 24.3 Å². The van der Waals surface area contributed by atoms with Crippen molar-refractivity contribution in [1.29, 1.82) is 0 Å². The molecule has 0 aliphatic rings. The number of hydrogen-bond donors (Lipinski definition) is 3. The molecular formula is C19H19Cl2N3O3. The van der Waals surface area contributed by atoms with Gasteiger partial charge in [-0.15, -0.1) is 0 Å². The van der Waals surface area contributed by atoms with Crippen molar-refractivity contribution in [3.8, 4) is 0 Å². The van der Waals surface area contributed by atoms with Crippen molar-refractivity contribution in [1.82, 2.24) is 10.9 Å². The lowest BCUT2D eigenvalue weighted by atomic mass is 10.1. The van der Waals surface area contributed by atoms with Gasteiger partial charge in [0.1, 0.15) is 0 Å². The minimum Gasteiger partial charge on any atom is -0.326 e. The maximum absolute atomic E-state index is 12.1. The Morgan fingerprint density at radius 1 is 0.926 bits per heavy atom. The molecule has 3 amide bonds. The average Bonchev–Trinajstić information content (AvgIpc) is 2.59. The molecule has 0 saturated heterocycles. The average molecular weight is 408 g/mol. The largest absolute Gasteiger partial charge is 0.326 e. The van der Waals surface area contributed by atoms with E-state index in [9.17, 15) is 14.4 Å². The Balaban J connectivity index is 1.92. The van der Waals surface area contributed by atoms with Crippen LogP contribution in [0.1, 0.15) is 41.0 Å². The highest BCUT2D eigenvalue weighted by molar-refractivity contribution is 6.36. The number of anilines is 1. The van der Waals surface area contributed by atoms with Crippen molar-refractivity contribution in [2.45, 2.75) is 20.3 Å². The van der Waals surface area contributed by atoms with E-state index in [2.05, 4.69) is 16.2 Å². The lowest BCUT2D eigenvalue weighted by molar-refractivity contribution is -0.116. The summed E-state index contributed by atoms with van der Waals surface area (Å²) >= 11 is 11.7. The van der Waals surface area contributed by atoms with E-state index < -0.39 is 11.8 Å². The Kier molecular flexibility index (Phi) is 7.21. The molecule has 2 rings (SSSR count). The Bertz CT molecular complexity index is 852. The van der Waals surface area contributed by atoms with E-state index >= 15 is 0 Å². The number of hydrazine groups is 1. The van der Waals surface area contributed by atoms with Crippen LogP contribution in [0.15, 0.2) is 42.5 Å². The molecule has 8 heteroatoms. The van der Waals surface area contributed by atoms with Crippen LogP contribution >= 0.6 is 23.2 Å². The van der Waals surface area contributed by atoms with Gasteiger partial charge in [0.25, 0.3) is 11.8 Å². The van der Waals surface area contributed by atoms with Crippen LogP contribution in [-0.4, -0.2) is 17.7 Å². The summed E-state index contributed by atoms with van der Waals surface area (Å²) in [5.74, 6) is -0.904. The fourth-order valence-electron chi connectivity index (χ4n) is 2.21. The molecule has 0 atom stereocenters. The molecule has 142 valence electrons. The summed E-state index contributed by atoms with van der Waals surface area (Å²) in [6, 6.07) is 10.7. The summed E-state index contributed by atoms with van der Waals surface area (Å²) in [5.41, 5.74) is 5.69. The van der Waals surface area contributed by atoms with Crippen LogP contribution in [0.25, 0.3) is 0 Å². The van der Waals surface area contributed by atoms with Crippen molar-refractivity contribution in [2.75, 3.05) is 5.32 Å². The fourth-order valence-corrected chi connectivity index (χ4v) is 2.71. The van der Waals surface area contributed by atoms with Crippen LogP contribution in [0.4, 0.5) is 5.69 Å². The number of hydrogen-bond acceptors (Lipinski definition) is 3. The minimum atomic E-state index is -0.567. The Labute approximate surface area is 167 Å². The molecule has 0 heterocycles. The summed E-state index contributed by atoms with van der Waals surface area (Å²) in [6.45, 7) is 3.91. The molecule has 0 aromatic heterocycles. The molecule has 3 N–H and O–H groups in total. The van der Waals surface area contributed by atoms with Crippen LogP contribution in [-0.2, 0) is 4.79 Å². The van der Waals surface area contributed by atoms with Gasteiger partial charge in [-0.05, 0) is 48.4 Å². The predicted molar refractivity (Wildman–Crippen MR) is 106 cm³/mol. The lowest BCUT2D eigenvalue weighted by Crippen LogP contribution is -2.41. The zero-order valence-corrected chi connectivity index (χ0v) is 16.3. The number of rotatable bonds is 5. The molecule has 0 radical (unpaired) electrons. The second-order valence-electron chi connectivity index (χ2n) is 6.26. The smallest absolute Gasteiger partial charge is 0.271 e. The van der Waals surface area contributed by atoms with E-state index in [4.69, 9.17) is 23.2 Å². The first-order valence-electron chi connectivity index (χ1n) is 8.22. The highest BCUT2D eigenvalue weighted by Crippen LogP contribution is 2.20. The van der Waals surface area contributed by atoms with Gasteiger partial charge in [0.2, 0.25) is 5.91 Å². The fraction of sp³-hybridized carbons (Fsp3) is 0.211. The van der Waals surface area contributed by atoms with Gasteiger partial charge in [0, 0.05) is 22.7 Å². The highest BCUT2D eigenvalue weighted by atomic mass is 35.5. The van der Waals surface area contributed by atoms with E-state index in [0.29, 0.717) is 22.7 Å². The van der Waals surface area contributed by atoms with E-state index in [1.807, 2.05) is 13.8 Å². The standard InChI is InChI=1S/C19H19Cl2N3O3/c1-11(2)9-17(25)22-14-6-3-12(4-7-14)18(26)23-24-19(27)15-8-5-13(20)10-16(15)21/h3-8,10-11H,9H2,1-2H3,(H,22,25)(H,23,26)(H,24,27).